The van der Waals surface area contributed by atoms with E-state index in [4.69, 9.17) is 16.3 Å². The van der Waals surface area contributed by atoms with Crippen LogP contribution >= 0.6 is 22.9 Å². The van der Waals surface area contributed by atoms with Crippen molar-refractivity contribution in [2.75, 3.05) is 25.6 Å². The zero-order chi connectivity index (χ0) is 15.4. The Morgan fingerprint density at radius 3 is 2.82 bits per heavy atom. The van der Waals surface area contributed by atoms with Gasteiger partial charge >= 0.3 is 0 Å². The molecule has 0 radical (unpaired) electrons. The quantitative estimate of drug-likeness (QED) is 0.676. The number of nitrogens with zero attached hydrogens (tertiary/aromatic N) is 2. The molecule has 114 valence electrons. The molecule has 6 heteroatoms. The Morgan fingerprint density at radius 2 is 2.05 bits per heavy atom. The van der Waals surface area contributed by atoms with Crippen molar-refractivity contribution in [3.05, 3.63) is 41.0 Å². The number of hydrogen-bond acceptors (Lipinski definition) is 5. The van der Waals surface area contributed by atoms with E-state index < -0.39 is 0 Å². The normalized spacial score (nSPS) is 11.0. The van der Waals surface area contributed by atoms with E-state index in [0.717, 1.165) is 51.8 Å². The van der Waals surface area contributed by atoms with Crippen molar-refractivity contribution in [3.63, 3.8) is 0 Å². The molecule has 0 fully saturated rings. The van der Waals surface area contributed by atoms with Crippen LogP contribution in [0.25, 0.3) is 21.3 Å². The molecule has 0 aliphatic carbocycles. The minimum Gasteiger partial charge on any atom is -0.385 e. The summed E-state index contributed by atoms with van der Waals surface area (Å²) >= 11 is 7.60. The Kier molecular flexibility index (Phi) is 4.87. The average Bonchev–Trinajstić information content (AvgIpc) is 2.97. The van der Waals surface area contributed by atoms with Gasteiger partial charge in [0.2, 0.25) is 0 Å². The molecule has 0 saturated carbocycles. The Bertz CT molecular complexity index is 758. The van der Waals surface area contributed by atoms with E-state index in [1.807, 2.05) is 24.3 Å². The monoisotopic (exact) mass is 333 g/mol. The summed E-state index contributed by atoms with van der Waals surface area (Å²) in [4.78, 5) is 9.75. The summed E-state index contributed by atoms with van der Waals surface area (Å²) in [5.41, 5.74) is 2.25. The number of hydrogen-bond donors (Lipinski definition) is 1. The number of nitrogens with one attached hydrogen (secondary N) is 1. The largest absolute Gasteiger partial charge is 0.385 e. The van der Waals surface area contributed by atoms with Gasteiger partial charge in [0.25, 0.3) is 0 Å². The van der Waals surface area contributed by atoms with Crippen molar-refractivity contribution in [1.29, 1.82) is 0 Å². The molecule has 4 nitrogen and oxygen atoms in total. The molecular formula is C16H16ClN3OS. The molecule has 0 saturated heterocycles. The minimum atomic E-state index is 0.731. The number of anilines is 1. The number of benzene rings is 1. The van der Waals surface area contributed by atoms with E-state index in [9.17, 15) is 0 Å². The third-order valence-electron chi connectivity index (χ3n) is 3.34. The summed E-state index contributed by atoms with van der Waals surface area (Å²) in [7, 11) is 1.71. The van der Waals surface area contributed by atoms with Crippen molar-refractivity contribution < 1.29 is 4.74 Å². The van der Waals surface area contributed by atoms with Crippen molar-refractivity contribution in [2.45, 2.75) is 6.42 Å². The number of thiophene rings is 1. The molecule has 2 heterocycles. The maximum Gasteiger partial charge on any atom is 0.138 e. The topological polar surface area (TPSA) is 47.0 Å². The van der Waals surface area contributed by atoms with Crippen LogP contribution in [0, 0.1) is 0 Å². The van der Waals surface area contributed by atoms with Gasteiger partial charge in [0.1, 0.15) is 17.0 Å². The molecule has 1 aromatic carbocycles. The highest BCUT2D eigenvalue weighted by Crippen LogP contribution is 2.36. The highest BCUT2D eigenvalue weighted by atomic mass is 35.5. The van der Waals surface area contributed by atoms with Gasteiger partial charge in [-0.2, -0.15) is 0 Å². The highest BCUT2D eigenvalue weighted by Gasteiger charge is 2.12. The summed E-state index contributed by atoms with van der Waals surface area (Å²) in [5.74, 6) is 0.868. The van der Waals surface area contributed by atoms with Gasteiger partial charge in [-0.05, 0) is 24.1 Å². The van der Waals surface area contributed by atoms with Gasteiger partial charge < -0.3 is 10.1 Å². The van der Waals surface area contributed by atoms with Crippen LogP contribution in [0.15, 0.2) is 36.0 Å². The van der Waals surface area contributed by atoms with Crippen molar-refractivity contribution in [2.24, 2.45) is 0 Å². The zero-order valence-corrected chi connectivity index (χ0v) is 13.7. The number of methoxy groups -OCH3 is 1. The van der Waals surface area contributed by atoms with E-state index in [1.54, 1.807) is 24.8 Å². The Morgan fingerprint density at radius 1 is 1.23 bits per heavy atom. The third kappa shape index (κ3) is 3.21. The molecule has 1 N–H and O–H groups in total. The van der Waals surface area contributed by atoms with Gasteiger partial charge in [-0.1, -0.05) is 23.7 Å². The second-order valence-corrected chi connectivity index (χ2v) is 6.13. The van der Waals surface area contributed by atoms with Crippen LogP contribution in [-0.4, -0.2) is 30.2 Å². The van der Waals surface area contributed by atoms with E-state index in [0.29, 0.717) is 0 Å². The van der Waals surface area contributed by atoms with Crippen molar-refractivity contribution in [1.82, 2.24) is 9.97 Å². The lowest BCUT2D eigenvalue weighted by molar-refractivity contribution is 0.198. The Balaban J connectivity index is 1.95. The van der Waals surface area contributed by atoms with Gasteiger partial charge in [-0.15, -0.1) is 11.3 Å². The predicted molar refractivity (Wildman–Crippen MR) is 92.8 cm³/mol. The summed E-state index contributed by atoms with van der Waals surface area (Å²) in [6.45, 7) is 1.55. The van der Waals surface area contributed by atoms with Gasteiger partial charge in [0.15, 0.2) is 0 Å². The molecule has 3 rings (SSSR count). The molecule has 0 bridgehead atoms. The maximum absolute atomic E-state index is 5.97. The number of rotatable bonds is 6. The van der Waals surface area contributed by atoms with Crippen molar-refractivity contribution >= 4 is 39.0 Å². The molecule has 22 heavy (non-hydrogen) atoms. The Hall–Kier alpha value is -1.69. The fraction of sp³-hybridized carbons (Fsp3) is 0.250. The first kappa shape index (κ1) is 15.2. The van der Waals surface area contributed by atoms with Gasteiger partial charge in [-0.3, -0.25) is 0 Å². The highest BCUT2D eigenvalue weighted by molar-refractivity contribution is 7.17. The van der Waals surface area contributed by atoms with Crippen LogP contribution in [0.4, 0.5) is 5.82 Å². The fourth-order valence-corrected chi connectivity index (χ4v) is 3.32. The summed E-state index contributed by atoms with van der Waals surface area (Å²) in [5, 5.41) is 7.29. The maximum atomic E-state index is 5.97. The Labute approximate surface area is 138 Å². The zero-order valence-electron chi connectivity index (χ0n) is 12.2. The molecule has 0 aliphatic heterocycles. The standard InChI is InChI=1S/C16H16ClN3OS/c1-21-8-2-7-18-15-14-13(9-22-16(14)20-10-19-15)11-3-5-12(17)6-4-11/h3-6,9-10H,2,7-8H2,1H3,(H,18,19,20). The molecule has 0 aliphatic rings. The third-order valence-corrected chi connectivity index (χ3v) is 4.48. The van der Waals surface area contributed by atoms with Crippen LogP contribution in [0.1, 0.15) is 6.42 Å². The molecule has 0 spiro atoms. The van der Waals surface area contributed by atoms with Crippen LogP contribution in [0.5, 0.6) is 0 Å². The van der Waals surface area contributed by atoms with Gasteiger partial charge in [0, 0.05) is 36.2 Å². The SMILES string of the molecule is COCCCNc1ncnc2scc(-c3ccc(Cl)cc3)c12. The van der Waals surface area contributed by atoms with E-state index in [-0.39, 0.29) is 0 Å². The predicted octanol–water partition coefficient (Wildman–Crippen LogP) is 4.46. The molecular weight excluding hydrogens is 318 g/mol. The van der Waals surface area contributed by atoms with Crippen LogP contribution in [-0.2, 0) is 4.74 Å². The molecule has 2 aromatic heterocycles. The molecule has 0 atom stereocenters. The lowest BCUT2D eigenvalue weighted by Gasteiger charge is -2.08. The lowest BCUT2D eigenvalue weighted by Crippen LogP contribution is -2.06. The summed E-state index contributed by atoms with van der Waals surface area (Å²) in [6, 6.07) is 7.84. The van der Waals surface area contributed by atoms with Crippen LogP contribution < -0.4 is 5.32 Å². The first-order valence-electron chi connectivity index (χ1n) is 7.00. The molecule has 0 unspecified atom stereocenters. The van der Waals surface area contributed by atoms with Crippen LogP contribution in [0.3, 0.4) is 0 Å². The minimum absolute atomic E-state index is 0.731. The number of ether oxygens (including phenoxy) is 1. The van der Waals surface area contributed by atoms with Gasteiger partial charge in [-0.25, -0.2) is 9.97 Å². The number of halogens is 1. The lowest BCUT2D eigenvalue weighted by atomic mass is 10.1. The number of aromatic nitrogens is 2. The number of fused-ring (bicyclic) bond motifs is 1. The molecule has 3 aromatic rings. The van der Waals surface area contributed by atoms with Crippen molar-refractivity contribution in [3.8, 4) is 11.1 Å². The van der Waals surface area contributed by atoms with E-state index >= 15 is 0 Å². The smallest absolute Gasteiger partial charge is 0.138 e. The van der Waals surface area contributed by atoms with E-state index in [2.05, 4.69) is 20.7 Å². The first-order valence-corrected chi connectivity index (χ1v) is 8.26. The average molecular weight is 334 g/mol. The summed E-state index contributed by atoms with van der Waals surface area (Å²) in [6.07, 6.45) is 2.53. The van der Waals surface area contributed by atoms with Gasteiger partial charge in [0.05, 0.1) is 5.39 Å². The van der Waals surface area contributed by atoms with Crippen LogP contribution in [0.2, 0.25) is 5.02 Å². The fourth-order valence-electron chi connectivity index (χ4n) is 2.27. The second-order valence-electron chi connectivity index (χ2n) is 4.83. The first-order chi connectivity index (χ1) is 10.8. The molecule has 0 amide bonds. The summed E-state index contributed by atoms with van der Waals surface area (Å²) < 4.78 is 5.07. The second kappa shape index (κ2) is 7.05. The van der Waals surface area contributed by atoms with E-state index in [1.165, 1.54) is 0 Å².